The molecule has 0 unspecified atom stereocenters. The molecular formula is C34H33BrO6. The molecule has 0 N–H and O–H groups in total. The highest BCUT2D eigenvalue weighted by molar-refractivity contribution is 9.10. The van der Waals surface area contributed by atoms with Crippen molar-refractivity contribution in [1.82, 2.24) is 0 Å². The molecule has 0 fully saturated rings. The van der Waals surface area contributed by atoms with Crippen molar-refractivity contribution in [3.05, 3.63) is 105 Å². The molecule has 6 nitrogen and oxygen atoms in total. The zero-order valence-corrected chi connectivity index (χ0v) is 25.6. The van der Waals surface area contributed by atoms with E-state index in [-0.39, 0.29) is 11.8 Å². The van der Waals surface area contributed by atoms with E-state index in [1.807, 2.05) is 36.4 Å². The van der Waals surface area contributed by atoms with E-state index in [1.54, 1.807) is 42.7 Å². The molecule has 0 amide bonds. The number of allylic oxidation sites excluding steroid dienone is 1. The van der Waals surface area contributed by atoms with Crippen LogP contribution < -0.4 is 28.4 Å². The molecule has 2 atom stereocenters. The molecule has 4 aromatic rings. The molecule has 1 aliphatic rings. The van der Waals surface area contributed by atoms with Gasteiger partial charge in [0, 0.05) is 35.1 Å². The third-order valence-corrected chi connectivity index (χ3v) is 8.37. The van der Waals surface area contributed by atoms with Gasteiger partial charge in [0.15, 0.2) is 0 Å². The second-order valence-electron chi connectivity index (χ2n) is 9.63. The summed E-state index contributed by atoms with van der Waals surface area (Å²) in [5.74, 6) is 4.25. The number of benzene rings is 4. The van der Waals surface area contributed by atoms with E-state index in [0.717, 1.165) is 66.6 Å². The fourth-order valence-electron chi connectivity index (χ4n) is 5.63. The van der Waals surface area contributed by atoms with Gasteiger partial charge in [-0.15, -0.1) is 0 Å². The summed E-state index contributed by atoms with van der Waals surface area (Å²) in [6.07, 6.45) is 2.22. The number of hydrogen-bond donors (Lipinski definition) is 0. The van der Waals surface area contributed by atoms with E-state index in [9.17, 15) is 0 Å². The zero-order chi connectivity index (χ0) is 29.1. The van der Waals surface area contributed by atoms with Crippen LogP contribution in [0.4, 0.5) is 0 Å². The average Bonchev–Trinajstić information content (AvgIpc) is 3.36. The highest BCUT2D eigenvalue weighted by Crippen LogP contribution is 2.61. The molecule has 0 bridgehead atoms. The van der Waals surface area contributed by atoms with Crippen LogP contribution in [-0.4, -0.2) is 42.7 Å². The van der Waals surface area contributed by atoms with E-state index in [0.29, 0.717) is 5.75 Å². The minimum Gasteiger partial charge on any atom is -0.497 e. The number of hydrogen-bond acceptors (Lipinski definition) is 6. The van der Waals surface area contributed by atoms with Gasteiger partial charge < -0.3 is 28.4 Å². The first kappa shape index (κ1) is 28.4. The Kier molecular flexibility index (Phi) is 8.45. The van der Waals surface area contributed by atoms with Gasteiger partial charge in [0.2, 0.25) is 0 Å². The topological polar surface area (TPSA) is 55.4 Å². The molecule has 0 aromatic heterocycles. The summed E-state index contributed by atoms with van der Waals surface area (Å²) in [7, 11) is 10.0. The maximum absolute atomic E-state index is 6.04. The maximum atomic E-state index is 6.04. The number of ether oxygens (including phenoxy) is 6. The Bertz CT molecular complexity index is 1540. The summed E-state index contributed by atoms with van der Waals surface area (Å²) in [5, 5.41) is 0. The predicted molar refractivity (Wildman–Crippen MR) is 165 cm³/mol. The Morgan fingerprint density at radius 3 is 1.59 bits per heavy atom. The molecule has 0 saturated heterocycles. The van der Waals surface area contributed by atoms with Crippen molar-refractivity contribution in [3.63, 3.8) is 0 Å². The smallest absolute Gasteiger partial charge is 0.137 e. The van der Waals surface area contributed by atoms with Gasteiger partial charge in [0.25, 0.3) is 0 Å². The largest absolute Gasteiger partial charge is 0.497 e. The van der Waals surface area contributed by atoms with Crippen LogP contribution in [0, 0.1) is 0 Å². The molecule has 1 aliphatic carbocycles. The van der Waals surface area contributed by atoms with Gasteiger partial charge in [0.1, 0.15) is 34.5 Å². The monoisotopic (exact) mass is 616 g/mol. The van der Waals surface area contributed by atoms with Gasteiger partial charge in [-0.25, -0.2) is 0 Å². The second kappa shape index (κ2) is 12.2. The number of rotatable bonds is 9. The SMILES string of the molecule is COc1ccc(/C=C2/c3c(Br)c(OC)cc(OC)c3[C@@H](c3ccc(OC)cc3)[C@@H]2c2cc(OC)cc(OC)c2)cc1. The minimum absolute atomic E-state index is 0.102. The molecule has 0 spiro atoms. The highest BCUT2D eigenvalue weighted by Gasteiger charge is 2.43. The number of methoxy groups -OCH3 is 6. The summed E-state index contributed by atoms with van der Waals surface area (Å²) < 4.78 is 35.0. The van der Waals surface area contributed by atoms with Crippen molar-refractivity contribution in [2.75, 3.05) is 42.7 Å². The summed E-state index contributed by atoms with van der Waals surface area (Å²) in [6.45, 7) is 0. The Labute approximate surface area is 249 Å². The molecule has 41 heavy (non-hydrogen) atoms. The van der Waals surface area contributed by atoms with E-state index < -0.39 is 0 Å². The van der Waals surface area contributed by atoms with Crippen molar-refractivity contribution in [3.8, 4) is 34.5 Å². The lowest BCUT2D eigenvalue weighted by molar-refractivity contribution is 0.388. The van der Waals surface area contributed by atoms with E-state index in [4.69, 9.17) is 28.4 Å². The van der Waals surface area contributed by atoms with Gasteiger partial charge in [-0.1, -0.05) is 30.3 Å². The summed E-state index contributed by atoms with van der Waals surface area (Å²) in [6, 6.07) is 24.3. The summed E-state index contributed by atoms with van der Waals surface area (Å²) >= 11 is 3.90. The molecule has 4 aromatic carbocycles. The van der Waals surface area contributed by atoms with E-state index >= 15 is 0 Å². The molecular weight excluding hydrogens is 584 g/mol. The first-order valence-electron chi connectivity index (χ1n) is 13.1. The van der Waals surface area contributed by atoms with Crippen molar-refractivity contribution in [2.45, 2.75) is 11.8 Å². The Balaban J connectivity index is 1.87. The first-order chi connectivity index (χ1) is 20.0. The van der Waals surface area contributed by atoms with Crippen LogP contribution in [0.5, 0.6) is 34.5 Å². The molecule has 7 heteroatoms. The van der Waals surface area contributed by atoms with Crippen LogP contribution in [0.25, 0.3) is 11.6 Å². The van der Waals surface area contributed by atoms with E-state index in [2.05, 4.69) is 58.4 Å². The maximum Gasteiger partial charge on any atom is 0.137 e. The fourth-order valence-corrected chi connectivity index (χ4v) is 6.35. The van der Waals surface area contributed by atoms with Crippen molar-refractivity contribution in [1.29, 1.82) is 0 Å². The third kappa shape index (κ3) is 5.34. The highest BCUT2D eigenvalue weighted by atomic mass is 79.9. The van der Waals surface area contributed by atoms with Crippen LogP contribution in [0.15, 0.2) is 77.3 Å². The van der Waals surface area contributed by atoms with Crippen LogP contribution in [0.2, 0.25) is 0 Å². The van der Waals surface area contributed by atoms with Gasteiger partial charge in [-0.2, -0.15) is 0 Å². The van der Waals surface area contributed by atoms with Crippen LogP contribution in [0.1, 0.15) is 39.7 Å². The molecule has 0 heterocycles. The fraction of sp³-hybridized carbons (Fsp3) is 0.235. The van der Waals surface area contributed by atoms with E-state index in [1.165, 1.54) is 0 Å². The lowest BCUT2D eigenvalue weighted by Gasteiger charge is -2.25. The Morgan fingerprint density at radius 1 is 0.537 bits per heavy atom. The van der Waals surface area contributed by atoms with Gasteiger partial charge in [0.05, 0.1) is 47.1 Å². The lowest BCUT2D eigenvalue weighted by Crippen LogP contribution is -2.09. The summed E-state index contributed by atoms with van der Waals surface area (Å²) in [5.41, 5.74) is 6.40. The molecule has 212 valence electrons. The van der Waals surface area contributed by atoms with Crippen molar-refractivity contribution in [2.24, 2.45) is 0 Å². The summed E-state index contributed by atoms with van der Waals surface area (Å²) in [4.78, 5) is 0. The Hall–Kier alpha value is -4.10. The molecule has 0 saturated carbocycles. The normalized spacial score (nSPS) is 16.7. The lowest BCUT2D eigenvalue weighted by atomic mass is 9.79. The number of halogens is 1. The zero-order valence-electron chi connectivity index (χ0n) is 24.0. The number of fused-ring (bicyclic) bond motifs is 1. The molecule has 0 radical (unpaired) electrons. The third-order valence-electron chi connectivity index (χ3n) is 7.59. The van der Waals surface area contributed by atoms with Crippen molar-refractivity contribution < 1.29 is 28.4 Å². The quantitative estimate of drug-likeness (QED) is 0.190. The van der Waals surface area contributed by atoms with Gasteiger partial charge >= 0.3 is 0 Å². The second-order valence-corrected chi connectivity index (χ2v) is 10.4. The Morgan fingerprint density at radius 2 is 1.07 bits per heavy atom. The standard InChI is InChI=1S/C34H33BrO6/c1-36-23-11-7-20(8-12-23)15-27-30(22-16-25(38-3)18-26(17-22)39-4)31(21-9-13-24(37-2)14-10-21)33-28(40-5)19-29(41-6)34(35)32(27)33/h7-19,30-31H,1-6H3/b27-15+/t30-,31+/m1/s1. The predicted octanol–water partition coefficient (Wildman–Crippen LogP) is 7.97. The first-order valence-corrected chi connectivity index (χ1v) is 13.9. The van der Waals surface area contributed by atoms with Crippen LogP contribution in [0.3, 0.4) is 0 Å². The van der Waals surface area contributed by atoms with Crippen molar-refractivity contribution >= 4 is 27.6 Å². The van der Waals surface area contributed by atoms with Gasteiger partial charge in [-0.05, 0) is 74.6 Å². The average molecular weight is 618 g/mol. The minimum atomic E-state index is -0.123. The van der Waals surface area contributed by atoms with Gasteiger partial charge in [-0.3, -0.25) is 0 Å². The molecule has 0 aliphatic heterocycles. The van der Waals surface area contributed by atoms with Crippen LogP contribution in [-0.2, 0) is 0 Å². The molecule has 5 rings (SSSR count). The van der Waals surface area contributed by atoms with Crippen LogP contribution >= 0.6 is 15.9 Å².